The van der Waals surface area contributed by atoms with Crippen LogP contribution in [-0.2, 0) is 10.2 Å². The van der Waals surface area contributed by atoms with Gasteiger partial charge in [-0.15, -0.1) is 0 Å². The van der Waals surface area contributed by atoms with Crippen LogP contribution in [0, 0.1) is 6.92 Å². The Morgan fingerprint density at radius 1 is 1.00 bits per heavy atom. The monoisotopic (exact) mass is 315 g/mol. The number of aryl methyl sites for hydroxylation is 1. The molecule has 1 N–H and O–H groups in total. The highest BCUT2D eigenvalue weighted by Crippen LogP contribution is 2.53. The molecule has 3 saturated carbocycles. The fourth-order valence-electron chi connectivity index (χ4n) is 4.23. The molecule has 1 aromatic rings. The summed E-state index contributed by atoms with van der Waals surface area (Å²) in [5, 5.41) is 3.19. The molecule has 0 atom stereocenters. The van der Waals surface area contributed by atoms with Gasteiger partial charge >= 0.3 is 6.09 Å². The van der Waals surface area contributed by atoms with E-state index in [2.05, 4.69) is 36.5 Å². The van der Waals surface area contributed by atoms with Crippen LogP contribution in [0.25, 0.3) is 0 Å². The topological polar surface area (TPSA) is 38.3 Å². The first-order chi connectivity index (χ1) is 10.7. The predicted octanol–water partition coefficient (Wildman–Crippen LogP) is 4.86. The molecule has 3 aliphatic carbocycles. The van der Waals surface area contributed by atoms with Crippen LogP contribution in [0.4, 0.5) is 4.79 Å². The van der Waals surface area contributed by atoms with E-state index in [9.17, 15) is 4.79 Å². The first-order valence-electron chi connectivity index (χ1n) is 8.81. The van der Waals surface area contributed by atoms with E-state index in [1.807, 2.05) is 20.8 Å². The summed E-state index contributed by atoms with van der Waals surface area (Å²) in [5.41, 5.74) is 2.64. The zero-order valence-electron chi connectivity index (χ0n) is 14.9. The summed E-state index contributed by atoms with van der Waals surface area (Å²) in [7, 11) is 0. The van der Waals surface area contributed by atoms with Gasteiger partial charge in [-0.25, -0.2) is 4.79 Å². The van der Waals surface area contributed by atoms with E-state index < -0.39 is 5.60 Å². The van der Waals surface area contributed by atoms with Gasteiger partial charge in [0.25, 0.3) is 0 Å². The third-order valence-corrected chi connectivity index (χ3v) is 5.68. The number of hydrogen-bond acceptors (Lipinski definition) is 2. The van der Waals surface area contributed by atoms with E-state index in [1.54, 1.807) is 0 Å². The largest absolute Gasteiger partial charge is 0.444 e. The molecule has 4 rings (SSSR count). The minimum atomic E-state index is -0.435. The first-order valence-corrected chi connectivity index (χ1v) is 8.81. The minimum absolute atomic E-state index is 0.0468. The number of carbonyl (C=O) groups is 1. The average molecular weight is 315 g/mol. The van der Waals surface area contributed by atoms with Gasteiger partial charge in [-0.1, -0.05) is 29.8 Å². The Bertz CT molecular complexity index is 558. The summed E-state index contributed by atoms with van der Waals surface area (Å²) in [6.45, 7) is 7.87. The Morgan fingerprint density at radius 2 is 1.52 bits per heavy atom. The molecule has 1 amide bonds. The molecule has 1 aromatic carbocycles. The average Bonchev–Trinajstić information content (AvgIpc) is 2.47. The maximum absolute atomic E-state index is 12.2. The van der Waals surface area contributed by atoms with Crippen molar-refractivity contribution in [1.29, 1.82) is 0 Å². The number of carbonyl (C=O) groups excluding carboxylic acids is 1. The Morgan fingerprint density at radius 3 is 2.00 bits per heavy atom. The Hall–Kier alpha value is -1.51. The van der Waals surface area contributed by atoms with E-state index >= 15 is 0 Å². The molecule has 0 aliphatic heterocycles. The number of rotatable bonds is 2. The van der Waals surface area contributed by atoms with Crippen molar-refractivity contribution >= 4 is 6.09 Å². The van der Waals surface area contributed by atoms with Crippen LogP contribution < -0.4 is 5.32 Å². The van der Waals surface area contributed by atoms with Gasteiger partial charge in [-0.05, 0) is 77.2 Å². The maximum Gasteiger partial charge on any atom is 0.408 e. The van der Waals surface area contributed by atoms with Crippen molar-refractivity contribution in [3.8, 4) is 0 Å². The molecular formula is C20H29NO2. The summed E-state index contributed by atoms with van der Waals surface area (Å²) in [6, 6.07) is 9.04. The second-order valence-corrected chi connectivity index (χ2v) is 8.55. The van der Waals surface area contributed by atoms with E-state index in [4.69, 9.17) is 4.74 Å². The molecule has 3 nitrogen and oxygen atoms in total. The molecule has 0 spiro atoms. The summed E-state index contributed by atoms with van der Waals surface area (Å²) in [4.78, 5) is 12.2. The molecule has 0 saturated heterocycles. The molecule has 0 aromatic heterocycles. The van der Waals surface area contributed by atoms with Gasteiger partial charge in [-0.3, -0.25) is 0 Å². The summed E-state index contributed by atoms with van der Waals surface area (Å²) < 4.78 is 5.46. The van der Waals surface area contributed by atoms with Crippen molar-refractivity contribution in [2.75, 3.05) is 0 Å². The van der Waals surface area contributed by atoms with Crippen molar-refractivity contribution in [2.24, 2.45) is 0 Å². The lowest BCUT2D eigenvalue weighted by Gasteiger charge is -2.54. The Balaban J connectivity index is 1.67. The molecule has 0 heterocycles. The van der Waals surface area contributed by atoms with Gasteiger partial charge in [0.15, 0.2) is 0 Å². The molecule has 3 aliphatic rings. The summed E-state index contributed by atoms with van der Waals surface area (Å²) in [5.74, 6) is 0. The van der Waals surface area contributed by atoms with Crippen molar-refractivity contribution in [3.05, 3.63) is 35.4 Å². The molecule has 2 bridgehead atoms. The van der Waals surface area contributed by atoms with Crippen molar-refractivity contribution in [2.45, 2.75) is 82.8 Å². The normalized spacial score (nSPS) is 30.1. The smallest absolute Gasteiger partial charge is 0.408 e. The van der Waals surface area contributed by atoms with Crippen LogP contribution in [-0.4, -0.2) is 17.2 Å². The number of hydrogen-bond donors (Lipinski definition) is 1. The minimum Gasteiger partial charge on any atom is -0.444 e. The van der Waals surface area contributed by atoms with Crippen molar-refractivity contribution in [1.82, 2.24) is 5.32 Å². The van der Waals surface area contributed by atoms with E-state index in [0.717, 1.165) is 38.5 Å². The Labute approximate surface area is 139 Å². The molecular weight excluding hydrogens is 286 g/mol. The second-order valence-electron chi connectivity index (χ2n) is 8.55. The zero-order valence-corrected chi connectivity index (χ0v) is 14.9. The number of benzene rings is 1. The highest BCUT2D eigenvalue weighted by Gasteiger charge is 2.50. The van der Waals surface area contributed by atoms with Crippen LogP contribution in [0.2, 0.25) is 0 Å². The number of nitrogens with one attached hydrogen (secondary N) is 1. The van der Waals surface area contributed by atoms with Gasteiger partial charge in [0.05, 0.1) is 0 Å². The van der Waals surface area contributed by atoms with Gasteiger partial charge in [0, 0.05) is 5.54 Å². The van der Waals surface area contributed by atoms with E-state index in [0.29, 0.717) is 5.41 Å². The molecule has 126 valence electrons. The lowest BCUT2D eigenvalue weighted by Crippen LogP contribution is -2.58. The highest BCUT2D eigenvalue weighted by molar-refractivity contribution is 5.69. The highest BCUT2D eigenvalue weighted by atomic mass is 16.6. The number of alkyl carbamates (subject to hydrolysis) is 1. The van der Waals surface area contributed by atoms with Crippen LogP contribution in [0.1, 0.15) is 70.4 Å². The molecule has 0 unspecified atom stereocenters. The van der Waals surface area contributed by atoms with Crippen LogP contribution in [0.5, 0.6) is 0 Å². The molecule has 3 heteroatoms. The van der Waals surface area contributed by atoms with Gasteiger partial charge in [0.1, 0.15) is 5.60 Å². The number of fused-ring (bicyclic) bond motifs is 3. The first kappa shape index (κ1) is 16.4. The molecule has 3 fully saturated rings. The second kappa shape index (κ2) is 5.54. The van der Waals surface area contributed by atoms with E-state index in [-0.39, 0.29) is 11.6 Å². The third kappa shape index (κ3) is 3.39. The lowest BCUT2D eigenvalue weighted by atomic mass is 9.55. The SMILES string of the molecule is Cc1ccc(C23CCC(NC(=O)OC(C)(C)C)(CC2)CC3)cc1. The van der Waals surface area contributed by atoms with E-state index in [1.165, 1.54) is 11.1 Å². The zero-order chi connectivity index (χ0) is 16.7. The van der Waals surface area contributed by atoms with Gasteiger partial charge in [0.2, 0.25) is 0 Å². The Kier molecular flexibility index (Phi) is 3.94. The van der Waals surface area contributed by atoms with Crippen LogP contribution in [0.3, 0.4) is 0 Å². The fraction of sp³-hybridized carbons (Fsp3) is 0.650. The van der Waals surface area contributed by atoms with Crippen LogP contribution >= 0.6 is 0 Å². The summed E-state index contributed by atoms with van der Waals surface area (Å²) in [6.07, 6.45) is 6.38. The standard InChI is InChI=1S/C20H29NO2/c1-15-5-7-16(8-6-15)19-9-12-20(13-10-19,14-11-19)21-17(22)23-18(2,3)4/h5-8H,9-14H2,1-4H3,(H,21,22). The van der Waals surface area contributed by atoms with Gasteiger partial charge in [-0.2, -0.15) is 0 Å². The molecule has 23 heavy (non-hydrogen) atoms. The number of ether oxygens (including phenoxy) is 1. The van der Waals surface area contributed by atoms with Crippen molar-refractivity contribution < 1.29 is 9.53 Å². The predicted molar refractivity (Wildman–Crippen MR) is 92.7 cm³/mol. The summed E-state index contributed by atoms with van der Waals surface area (Å²) >= 11 is 0. The van der Waals surface area contributed by atoms with Gasteiger partial charge < -0.3 is 10.1 Å². The molecule has 0 radical (unpaired) electrons. The maximum atomic E-state index is 12.2. The quantitative estimate of drug-likeness (QED) is 0.846. The number of amides is 1. The third-order valence-electron chi connectivity index (χ3n) is 5.68. The van der Waals surface area contributed by atoms with Crippen molar-refractivity contribution in [3.63, 3.8) is 0 Å². The van der Waals surface area contributed by atoms with Crippen LogP contribution in [0.15, 0.2) is 24.3 Å². The lowest BCUT2D eigenvalue weighted by molar-refractivity contribution is 0.0259. The fourth-order valence-corrected chi connectivity index (χ4v) is 4.23.